The standard InChI is InChI=1S/C10H6Cl2F2N2O/c11-8(4-15)9(12)10(17)16-7-2-5(13)1-6(14)3-7/h1-4,15H,(H,16,17)/p+1/b9-8-,15-4?. The minimum absolute atomic E-state index is 0.0767. The summed E-state index contributed by atoms with van der Waals surface area (Å²) in [6.45, 7) is 0. The highest BCUT2D eigenvalue weighted by Crippen LogP contribution is 2.17. The highest BCUT2D eigenvalue weighted by atomic mass is 35.5. The minimum Gasteiger partial charge on any atom is -0.321 e. The molecule has 0 aliphatic heterocycles. The van der Waals surface area contributed by atoms with Crippen LogP contribution in [0, 0.1) is 11.6 Å². The van der Waals surface area contributed by atoms with Crippen molar-refractivity contribution in [3.63, 3.8) is 0 Å². The molecule has 0 aliphatic carbocycles. The van der Waals surface area contributed by atoms with Crippen molar-refractivity contribution in [2.75, 3.05) is 5.32 Å². The maximum absolute atomic E-state index is 12.8. The van der Waals surface area contributed by atoms with Gasteiger partial charge in [0.2, 0.25) is 0 Å². The van der Waals surface area contributed by atoms with Crippen LogP contribution in [0.3, 0.4) is 0 Å². The van der Waals surface area contributed by atoms with Crippen molar-refractivity contribution in [1.82, 2.24) is 0 Å². The number of nitrogens with two attached hydrogens (primary N) is 1. The molecule has 0 radical (unpaired) electrons. The molecule has 0 aromatic heterocycles. The lowest BCUT2D eigenvalue weighted by Gasteiger charge is -2.04. The van der Waals surface area contributed by atoms with Crippen LogP contribution in [0.4, 0.5) is 14.5 Å². The van der Waals surface area contributed by atoms with Crippen molar-refractivity contribution < 1.29 is 19.0 Å². The van der Waals surface area contributed by atoms with Crippen LogP contribution >= 0.6 is 23.2 Å². The van der Waals surface area contributed by atoms with Crippen molar-refractivity contribution in [3.05, 3.63) is 39.9 Å². The summed E-state index contributed by atoms with van der Waals surface area (Å²) in [5.74, 6) is -2.46. The number of nitrogens with one attached hydrogen (secondary N) is 1. The van der Waals surface area contributed by atoms with E-state index in [0.717, 1.165) is 18.3 Å². The molecule has 90 valence electrons. The fourth-order valence-electron chi connectivity index (χ4n) is 0.994. The molecule has 0 saturated heterocycles. The molecule has 0 aliphatic rings. The van der Waals surface area contributed by atoms with Gasteiger partial charge in [0.05, 0.1) is 0 Å². The Bertz CT molecular complexity index is 483. The minimum atomic E-state index is -0.822. The van der Waals surface area contributed by atoms with E-state index < -0.39 is 17.5 Å². The third-order valence-corrected chi connectivity index (χ3v) is 2.46. The molecule has 1 aromatic carbocycles. The second-order valence-corrected chi connectivity index (χ2v) is 3.73. The normalized spacial score (nSPS) is 11.8. The summed E-state index contributed by atoms with van der Waals surface area (Å²) >= 11 is 11.0. The zero-order valence-corrected chi connectivity index (χ0v) is 9.82. The molecule has 7 heteroatoms. The summed E-state index contributed by atoms with van der Waals surface area (Å²) < 4.78 is 25.6. The number of halogens is 4. The zero-order chi connectivity index (χ0) is 13.0. The molecule has 0 fully saturated rings. The molecule has 3 nitrogen and oxygen atoms in total. The first-order valence-corrected chi connectivity index (χ1v) is 5.07. The Morgan fingerprint density at radius 1 is 1.24 bits per heavy atom. The number of anilines is 1. The summed E-state index contributed by atoms with van der Waals surface area (Å²) in [6, 6.07) is 2.55. The predicted molar refractivity (Wildman–Crippen MR) is 61.7 cm³/mol. The molecule has 1 rings (SSSR count). The van der Waals surface area contributed by atoms with E-state index in [1.807, 2.05) is 0 Å². The molecule has 1 amide bonds. The van der Waals surface area contributed by atoms with Crippen LogP contribution in [0.25, 0.3) is 0 Å². The van der Waals surface area contributed by atoms with E-state index in [0.29, 0.717) is 6.07 Å². The smallest absolute Gasteiger partial charge is 0.268 e. The van der Waals surface area contributed by atoms with E-state index in [1.165, 1.54) is 0 Å². The number of benzene rings is 1. The van der Waals surface area contributed by atoms with Gasteiger partial charge in [0, 0.05) is 11.8 Å². The van der Waals surface area contributed by atoms with Gasteiger partial charge in [-0.25, -0.2) is 8.78 Å². The van der Waals surface area contributed by atoms with Gasteiger partial charge in [-0.1, -0.05) is 23.2 Å². The van der Waals surface area contributed by atoms with Crippen LogP contribution in [-0.2, 0) is 4.79 Å². The van der Waals surface area contributed by atoms with Crippen molar-refractivity contribution in [2.24, 2.45) is 0 Å². The third kappa shape index (κ3) is 3.80. The van der Waals surface area contributed by atoms with Gasteiger partial charge in [-0.3, -0.25) is 10.2 Å². The second kappa shape index (κ2) is 5.75. The SMILES string of the molecule is [NH2+]=C/C(Cl)=C(/Cl)C(=O)Nc1cc(F)cc(F)c1. The van der Waals surface area contributed by atoms with Gasteiger partial charge < -0.3 is 5.32 Å². The van der Waals surface area contributed by atoms with Gasteiger partial charge in [0.25, 0.3) is 5.91 Å². The van der Waals surface area contributed by atoms with Crippen molar-refractivity contribution >= 4 is 41.0 Å². The third-order valence-electron chi connectivity index (χ3n) is 1.68. The largest absolute Gasteiger partial charge is 0.321 e. The molecule has 0 atom stereocenters. The zero-order valence-electron chi connectivity index (χ0n) is 8.31. The molecule has 0 spiro atoms. The lowest BCUT2D eigenvalue weighted by Crippen LogP contribution is -2.30. The second-order valence-electron chi connectivity index (χ2n) is 2.94. The maximum atomic E-state index is 12.8. The fraction of sp³-hybridized carbons (Fsp3) is 0. The predicted octanol–water partition coefficient (Wildman–Crippen LogP) is 1.42. The first-order chi connectivity index (χ1) is 7.93. The lowest BCUT2D eigenvalue weighted by atomic mass is 10.3. The average Bonchev–Trinajstić information content (AvgIpc) is 2.25. The Morgan fingerprint density at radius 2 is 1.76 bits per heavy atom. The number of rotatable bonds is 3. The number of carbonyl (C=O) groups is 1. The molecule has 0 unspecified atom stereocenters. The summed E-state index contributed by atoms with van der Waals surface area (Å²) in [5.41, 5.74) is -0.0767. The van der Waals surface area contributed by atoms with Gasteiger partial charge >= 0.3 is 0 Å². The number of allylic oxidation sites excluding steroid dienone is 1. The first kappa shape index (κ1) is 13.6. The Kier molecular flexibility index (Phi) is 4.60. The highest BCUT2D eigenvalue weighted by molar-refractivity contribution is 6.53. The maximum Gasteiger partial charge on any atom is 0.268 e. The quantitative estimate of drug-likeness (QED) is 0.638. The summed E-state index contributed by atoms with van der Waals surface area (Å²) in [7, 11) is 0. The van der Waals surface area contributed by atoms with Crippen LogP contribution in [-0.4, -0.2) is 12.1 Å². The van der Waals surface area contributed by atoms with Gasteiger partial charge in [0.15, 0.2) is 6.21 Å². The molecule has 1 aromatic rings. The number of carbonyl (C=O) groups excluding carboxylic acids is 1. The van der Waals surface area contributed by atoms with Crippen molar-refractivity contribution in [3.8, 4) is 0 Å². The van der Waals surface area contributed by atoms with Crippen LogP contribution in [0.2, 0.25) is 0 Å². The van der Waals surface area contributed by atoms with Gasteiger partial charge in [-0.15, -0.1) is 0 Å². The van der Waals surface area contributed by atoms with Gasteiger partial charge in [-0.05, 0) is 12.1 Å². The molecule has 17 heavy (non-hydrogen) atoms. The molecular formula is C10H7Cl2F2N2O+. The van der Waals surface area contributed by atoms with Crippen LogP contribution in [0.15, 0.2) is 28.3 Å². The van der Waals surface area contributed by atoms with Crippen molar-refractivity contribution in [1.29, 1.82) is 0 Å². The van der Waals surface area contributed by atoms with E-state index in [4.69, 9.17) is 28.6 Å². The lowest BCUT2D eigenvalue weighted by molar-refractivity contribution is -0.112. The number of hydrogen-bond donors (Lipinski definition) is 2. The Morgan fingerprint density at radius 3 is 2.24 bits per heavy atom. The number of amides is 1. The number of hydrogen-bond acceptors (Lipinski definition) is 1. The van der Waals surface area contributed by atoms with E-state index in [9.17, 15) is 13.6 Å². The average molecular weight is 280 g/mol. The van der Waals surface area contributed by atoms with Crippen LogP contribution in [0.5, 0.6) is 0 Å². The van der Waals surface area contributed by atoms with Crippen LogP contribution in [0.1, 0.15) is 0 Å². The molecule has 0 bridgehead atoms. The summed E-state index contributed by atoms with van der Waals surface area (Å²) in [4.78, 5) is 11.4. The molecule has 3 N–H and O–H groups in total. The topological polar surface area (TPSA) is 54.7 Å². The van der Waals surface area contributed by atoms with E-state index in [1.54, 1.807) is 0 Å². The van der Waals surface area contributed by atoms with E-state index >= 15 is 0 Å². The fourth-order valence-corrected chi connectivity index (χ4v) is 1.19. The van der Waals surface area contributed by atoms with Gasteiger partial charge in [-0.2, -0.15) is 0 Å². The Labute approximate surface area is 106 Å². The Hall–Kier alpha value is -1.46. The molecule has 0 heterocycles. The highest BCUT2D eigenvalue weighted by Gasteiger charge is 2.13. The Balaban J connectivity index is 2.92. The molecular weight excluding hydrogens is 273 g/mol. The molecule has 0 saturated carbocycles. The first-order valence-electron chi connectivity index (χ1n) is 4.31. The summed E-state index contributed by atoms with van der Waals surface area (Å²) in [6.07, 6.45) is 0.926. The van der Waals surface area contributed by atoms with Crippen LogP contribution < -0.4 is 10.7 Å². The van der Waals surface area contributed by atoms with Gasteiger partial charge in [0.1, 0.15) is 21.7 Å². The van der Waals surface area contributed by atoms with E-state index in [-0.39, 0.29) is 15.8 Å². The van der Waals surface area contributed by atoms with E-state index in [2.05, 4.69) is 5.32 Å². The van der Waals surface area contributed by atoms with Crippen molar-refractivity contribution in [2.45, 2.75) is 0 Å². The summed E-state index contributed by atoms with van der Waals surface area (Å²) in [5, 5.41) is 6.68. The monoisotopic (exact) mass is 279 g/mol.